The molecule has 130 valence electrons. The van der Waals surface area contributed by atoms with Crippen LogP contribution in [0.2, 0.25) is 0 Å². The highest BCUT2D eigenvalue weighted by Crippen LogP contribution is 2.35. The van der Waals surface area contributed by atoms with Gasteiger partial charge in [-0.3, -0.25) is 5.01 Å². The summed E-state index contributed by atoms with van der Waals surface area (Å²) in [4.78, 5) is 0. The Morgan fingerprint density at radius 2 is 1.88 bits per heavy atom. The highest BCUT2D eigenvalue weighted by atomic mass is 19.1. The van der Waals surface area contributed by atoms with Crippen LogP contribution < -0.4 is 5.73 Å². The van der Waals surface area contributed by atoms with Crippen molar-refractivity contribution >= 4 is 5.71 Å². The molecule has 0 fully saturated rings. The maximum absolute atomic E-state index is 13.3. The van der Waals surface area contributed by atoms with Crippen molar-refractivity contribution in [3.63, 3.8) is 0 Å². The summed E-state index contributed by atoms with van der Waals surface area (Å²) in [5.74, 6) is -0.240. The van der Waals surface area contributed by atoms with E-state index in [0.29, 0.717) is 0 Å². The molecule has 0 saturated heterocycles. The van der Waals surface area contributed by atoms with Crippen molar-refractivity contribution in [1.29, 1.82) is 0 Å². The number of hydrazone groups is 1. The number of nitrogens with two attached hydrogens (primary N) is 1. The zero-order valence-electron chi connectivity index (χ0n) is 14.7. The fraction of sp³-hybridized carbons (Fsp3) is 0.286. The number of halogens is 1. The van der Waals surface area contributed by atoms with Gasteiger partial charge in [0.25, 0.3) is 0 Å². The average molecular weight is 337 g/mol. The van der Waals surface area contributed by atoms with Gasteiger partial charge in [-0.2, -0.15) is 5.10 Å². The van der Waals surface area contributed by atoms with E-state index in [-0.39, 0.29) is 17.9 Å². The summed E-state index contributed by atoms with van der Waals surface area (Å²) in [6.07, 6.45) is 1.75. The molecule has 0 amide bonds. The van der Waals surface area contributed by atoms with Gasteiger partial charge in [-0.05, 0) is 42.2 Å². The highest BCUT2D eigenvalue weighted by molar-refractivity contribution is 6.02. The number of nitrogens with zero attached hydrogens (tertiary/aromatic N) is 2. The van der Waals surface area contributed by atoms with Gasteiger partial charge in [0, 0.05) is 18.2 Å². The Morgan fingerprint density at radius 1 is 1.24 bits per heavy atom. The average Bonchev–Trinajstić information content (AvgIpc) is 3.07. The van der Waals surface area contributed by atoms with E-state index < -0.39 is 0 Å². The predicted octanol–water partition coefficient (Wildman–Crippen LogP) is 4.40. The second-order valence-electron chi connectivity index (χ2n) is 6.49. The zero-order valence-corrected chi connectivity index (χ0v) is 14.7. The second kappa shape index (κ2) is 7.19. The molecular formula is C21H24FN3. The third-order valence-corrected chi connectivity index (χ3v) is 4.68. The van der Waals surface area contributed by atoms with Gasteiger partial charge in [0.1, 0.15) is 5.82 Å². The lowest BCUT2D eigenvalue weighted by Gasteiger charge is -2.27. The Labute approximate surface area is 148 Å². The van der Waals surface area contributed by atoms with Crippen LogP contribution in [0.1, 0.15) is 43.0 Å². The van der Waals surface area contributed by atoms with Crippen molar-refractivity contribution in [2.45, 2.75) is 38.8 Å². The Morgan fingerprint density at radius 3 is 2.44 bits per heavy atom. The van der Waals surface area contributed by atoms with E-state index in [2.05, 4.69) is 37.8 Å². The van der Waals surface area contributed by atoms with Crippen LogP contribution in [0, 0.1) is 5.82 Å². The summed E-state index contributed by atoms with van der Waals surface area (Å²) in [7, 11) is 0. The van der Waals surface area contributed by atoms with Gasteiger partial charge in [0.2, 0.25) is 0 Å². The van der Waals surface area contributed by atoms with Gasteiger partial charge in [0.05, 0.1) is 11.8 Å². The van der Waals surface area contributed by atoms with Crippen LogP contribution in [0.3, 0.4) is 0 Å². The molecule has 2 N–H and O–H groups in total. The minimum atomic E-state index is -0.240. The Kier molecular flexibility index (Phi) is 5.00. The van der Waals surface area contributed by atoms with Gasteiger partial charge < -0.3 is 5.73 Å². The first kappa shape index (κ1) is 17.4. The summed E-state index contributed by atoms with van der Waals surface area (Å²) in [5.41, 5.74) is 11.2. The SMILES string of the molecule is C=C(C(C)N)N1N=C(c2ccc(CC)cc2)CC1c1ccc(F)cc1. The van der Waals surface area contributed by atoms with Crippen LogP contribution in [0.25, 0.3) is 0 Å². The van der Waals surface area contributed by atoms with Gasteiger partial charge >= 0.3 is 0 Å². The Bertz CT molecular complexity index is 776. The van der Waals surface area contributed by atoms with Crippen molar-refractivity contribution < 1.29 is 4.39 Å². The maximum Gasteiger partial charge on any atom is 0.123 e. The van der Waals surface area contributed by atoms with Crippen molar-refractivity contribution in [1.82, 2.24) is 5.01 Å². The van der Waals surface area contributed by atoms with Crippen molar-refractivity contribution in [3.8, 4) is 0 Å². The van der Waals surface area contributed by atoms with E-state index in [4.69, 9.17) is 10.8 Å². The quantitative estimate of drug-likeness (QED) is 0.878. The van der Waals surface area contributed by atoms with E-state index >= 15 is 0 Å². The fourth-order valence-electron chi connectivity index (χ4n) is 3.04. The molecule has 2 unspecified atom stereocenters. The third-order valence-electron chi connectivity index (χ3n) is 4.68. The second-order valence-corrected chi connectivity index (χ2v) is 6.49. The van der Waals surface area contributed by atoms with E-state index in [0.717, 1.165) is 35.4 Å². The summed E-state index contributed by atoms with van der Waals surface area (Å²) >= 11 is 0. The van der Waals surface area contributed by atoms with E-state index in [1.165, 1.54) is 17.7 Å². The minimum Gasteiger partial charge on any atom is -0.323 e. The molecule has 2 atom stereocenters. The van der Waals surface area contributed by atoms with Crippen LogP contribution in [0.5, 0.6) is 0 Å². The molecule has 2 aromatic rings. The van der Waals surface area contributed by atoms with Crippen molar-refractivity contribution in [2.24, 2.45) is 10.8 Å². The Balaban J connectivity index is 1.93. The van der Waals surface area contributed by atoms with Crippen molar-refractivity contribution in [2.75, 3.05) is 0 Å². The molecule has 0 bridgehead atoms. The Hall–Kier alpha value is -2.46. The van der Waals surface area contributed by atoms with Gasteiger partial charge in [-0.25, -0.2) is 4.39 Å². The van der Waals surface area contributed by atoms with E-state index in [9.17, 15) is 4.39 Å². The largest absolute Gasteiger partial charge is 0.323 e. The summed E-state index contributed by atoms with van der Waals surface area (Å²) < 4.78 is 13.3. The number of benzene rings is 2. The third kappa shape index (κ3) is 3.64. The lowest BCUT2D eigenvalue weighted by Crippen LogP contribution is -2.29. The van der Waals surface area contributed by atoms with Crippen molar-refractivity contribution in [3.05, 3.63) is 83.3 Å². The molecule has 0 spiro atoms. The van der Waals surface area contributed by atoms with Crippen LogP contribution in [-0.2, 0) is 6.42 Å². The number of hydrogen-bond donors (Lipinski definition) is 1. The molecule has 0 aromatic heterocycles. The smallest absolute Gasteiger partial charge is 0.123 e. The molecule has 3 nitrogen and oxygen atoms in total. The first-order chi connectivity index (χ1) is 12.0. The molecule has 1 aliphatic rings. The number of rotatable bonds is 5. The maximum atomic E-state index is 13.3. The molecule has 0 radical (unpaired) electrons. The monoisotopic (exact) mass is 337 g/mol. The summed E-state index contributed by atoms with van der Waals surface area (Å²) in [6.45, 7) is 8.14. The first-order valence-electron chi connectivity index (χ1n) is 8.65. The molecule has 1 aliphatic heterocycles. The summed E-state index contributed by atoms with van der Waals surface area (Å²) in [5, 5.41) is 6.68. The zero-order chi connectivity index (χ0) is 18.0. The molecular weight excluding hydrogens is 313 g/mol. The number of hydrogen-bond acceptors (Lipinski definition) is 3. The first-order valence-corrected chi connectivity index (χ1v) is 8.65. The van der Waals surface area contributed by atoms with E-state index in [1.807, 2.05) is 11.9 Å². The summed E-state index contributed by atoms with van der Waals surface area (Å²) in [6, 6.07) is 14.8. The predicted molar refractivity (Wildman–Crippen MR) is 101 cm³/mol. The molecule has 0 aliphatic carbocycles. The standard InChI is InChI=1S/C21H24FN3/c1-4-16-5-7-17(8-6-16)20-13-21(18-9-11-19(22)12-10-18)25(24-20)15(3)14(2)23/h5-12,14,21H,3-4,13,23H2,1-2H3. The normalized spacial score (nSPS) is 18.2. The van der Waals surface area contributed by atoms with Gasteiger partial charge in [-0.1, -0.05) is 49.9 Å². The van der Waals surface area contributed by atoms with Gasteiger partial charge in [-0.15, -0.1) is 0 Å². The van der Waals surface area contributed by atoms with Gasteiger partial charge in [0.15, 0.2) is 0 Å². The van der Waals surface area contributed by atoms with Crippen LogP contribution in [-0.4, -0.2) is 16.8 Å². The molecule has 2 aromatic carbocycles. The lowest BCUT2D eigenvalue weighted by molar-refractivity contribution is 0.284. The van der Waals surface area contributed by atoms with E-state index in [1.54, 1.807) is 12.1 Å². The minimum absolute atomic E-state index is 0.0139. The molecule has 4 heteroatoms. The van der Waals surface area contributed by atoms with Crippen LogP contribution in [0.4, 0.5) is 4.39 Å². The highest BCUT2D eigenvalue weighted by Gasteiger charge is 2.31. The topological polar surface area (TPSA) is 41.6 Å². The molecule has 3 rings (SSSR count). The van der Waals surface area contributed by atoms with Crippen LogP contribution in [0.15, 0.2) is 65.9 Å². The molecule has 25 heavy (non-hydrogen) atoms. The molecule has 1 heterocycles. The van der Waals surface area contributed by atoms with Crippen LogP contribution >= 0.6 is 0 Å². The fourth-order valence-corrected chi connectivity index (χ4v) is 3.04. The lowest BCUT2D eigenvalue weighted by atomic mass is 9.97. The number of aryl methyl sites for hydroxylation is 1. The molecule has 0 saturated carbocycles.